The number of aryl methyl sites for hydroxylation is 1. The number of rotatable bonds is 3. The van der Waals surface area contributed by atoms with E-state index in [0.717, 1.165) is 16.9 Å². The van der Waals surface area contributed by atoms with Gasteiger partial charge in [0, 0.05) is 20.3 Å². The molecule has 1 fully saturated rings. The van der Waals surface area contributed by atoms with Gasteiger partial charge in [-0.2, -0.15) is 18.5 Å². The van der Waals surface area contributed by atoms with E-state index in [1.807, 2.05) is 13.0 Å². The fraction of sp³-hybridized carbons (Fsp3) is 0.412. The van der Waals surface area contributed by atoms with Crippen LogP contribution >= 0.6 is 0 Å². The van der Waals surface area contributed by atoms with Crippen molar-refractivity contribution in [1.82, 2.24) is 24.6 Å². The molecular formula is C17H20N8O3S. The Morgan fingerprint density at radius 2 is 2.03 bits per heavy atom. The van der Waals surface area contributed by atoms with E-state index in [4.69, 9.17) is 4.74 Å². The Hall–Kier alpha value is -2.99. The molecule has 5 heterocycles. The topological polar surface area (TPSA) is 118 Å². The third-order valence-electron chi connectivity index (χ3n) is 5.28. The number of nitrogens with zero attached hydrogens (tertiary/aromatic N) is 7. The fourth-order valence-electron chi connectivity index (χ4n) is 3.67. The fourth-order valence-corrected chi connectivity index (χ4v) is 5.25. The van der Waals surface area contributed by atoms with Crippen molar-refractivity contribution in [1.29, 1.82) is 0 Å². The quantitative estimate of drug-likeness (QED) is 0.678. The lowest BCUT2D eigenvalue weighted by atomic mass is 10.1. The Kier molecular flexibility index (Phi) is 4.06. The summed E-state index contributed by atoms with van der Waals surface area (Å²) in [5, 5.41) is 7.31. The maximum atomic E-state index is 13.0. The second kappa shape index (κ2) is 6.52. The first kappa shape index (κ1) is 18.1. The first-order valence-corrected chi connectivity index (χ1v) is 10.6. The van der Waals surface area contributed by atoms with Crippen molar-refractivity contribution in [3.8, 4) is 0 Å². The lowest BCUT2D eigenvalue weighted by Gasteiger charge is -2.30. The highest BCUT2D eigenvalue weighted by molar-refractivity contribution is 7.94. The summed E-state index contributed by atoms with van der Waals surface area (Å²) in [5.74, 6) is 0.699. The van der Waals surface area contributed by atoms with Crippen LogP contribution in [0.5, 0.6) is 0 Å². The molecule has 1 N–H and O–H groups in total. The van der Waals surface area contributed by atoms with Crippen molar-refractivity contribution < 1.29 is 13.2 Å². The monoisotopic (exact) mass is 416 g/mol. The van der Waals surface area contributed by atoms with E-state index in [-0.39, 0.29) is 6.04 Å². The van der Waals surface area contributed by atoms with Crippen LogP contribution in [0.1, 0.15) is 18.4 Å². The summed E-state index contributed by atoms with van der Waals surface area (Å²) in [7, 11) is -2.16. The van der Waals surface area contributed by atoms with Gasteiger partial charge in [0.15, 0.2) is 11.5 Å². The Morgan fingerprint density at radius 1 is 1.24 bits per heavy atom. The summed E-state index contributed by atoms with van der Waals surface area (Å²) in [6.45, 7) is 3.00. The molecule has 0 aromatic carbocycles. The Labute approximate surface area is 167 Å². The molecule has 152 valence electrons. The van der Waals surface area contributed by atoms with Crippen LogP contribution in [-0.4, -0.2) is 59.3 Å². The van der Waals surface area contributed by atoms with E-state index in [1.165, 1.54) is 28.2 Å². The third kappa shape index (κ3) is 2.86. The summed E-state index contributed by atoms with van der Waals surface area (Å²) in [5.41, 5.74) is 2.90. The van der Waals surface area contributed by atoms with Crippen molar-refractivity contribution in [2.45, 2.75) is 25.8 Å². The van der Waals surface area contributed by atoms with Crippen molar-refractivity contribution in [3.63, 3.8) is 0 Å². The molecule has 3 aromatic rings. The van der Waals surface area contributed by atoms with Gasteiger partial charge in [-0.1, -0.05) is 0 Å². The third-order valence-corrected chi connectivity index (χ3v) is 7.14. The van der Waals surface area contributed by atoms with Gasteiger partial charge in [0.25, 0.3) is 0 Å². The predicted molar refractivity (Wildman–Crippen MR) is 107 cm³/mol. The number of ether oxygens (including phenoxy) is 1. The van der Waals surface area contributed by atoms with Gasteiger partial charge in [-0.15, -0.1) is 0 Å². The summed E-state index contributed by atoms with van der Waals surface area (Å²) >= 11 is 0. The minimum Gasteiger partial charge on any atom is -0.381 e. The first-order valence-electron chi connectivity index (χ1n) is 9.25. The minimum atomic E-state index is -3.69. The highest BCUT2D eigenvalue weighted by atomic mass is 32.2. The zero-order valence-electron chi connectivity index (χ0n) is 16.0. The SMILES string of the molecule is Cc1cc2ncnn2cc1Nc1ncc2c(n1)N(C1CCOCC1)S(=O)(=O)N2C. The minimum absolute atomic E-state index is 0.187. The molecule has 0 spiro atoms. The molecular weight excluding hydrogens is 396 g/mol. The second-order valence-corrected chi connectivity index (χ2v) is 8.91. The Bertz CT molecular complexity index is 1190. The van der Waals surface area contributed by atoms with Crippen LogP contribution in [0.15, 0.2) is 24.8 Å². The maximum Gasteiger partial charge on any atom is 0.327 e. The zero-order chi connectivity index (χ0) is 20.2. The average Bonchev–Trinajstić information content (AvgIpc) is 3.23. The van der Waals surface area contributed by atoms with Gasteiger partial charge in [-0.05, 0) is 31.4 Å². The summed E-state index contributed by atoms with van der Waals surface area (Å²) < 4.78 is 35.7. The van der Waals surface area contributed by atoms with E-state index in [1.54, 1.807) is 10.7 Å². The molecule has 0 radical (unpaired) electrons. The van der Waals surface area contributed by atoms with Crippen LogP contribution in [0.2, 0.25) is 0 Å². The number of anilines is 4. The van der Waals surface area contributed by atoms with Gasteiger partial charge in [0.1, 0.15) is 12.0 Å². The van der Waals surface area contributed by atoms with Crippen molar-refractivity contribution in [3.05, 3.63) is 30.4 Å². The number of aromatic nitrogens is 5. The lowest BCUT2D eigenvalue weighted by molar-refractivity contribution is 0.0875. The van der Waals surface area contributed by atoms with E-state index >= 15 is 0 Å². The molecule has 5 rings (SSSR count). The van der Waals surface area contributed by atoms with E-state index < -0.39 is 10.2 Å². The molecule has 2 aliphatic heterocycles. The molecule has 0 amide bonds. The van der Waals surface area contributed by atoms with Gasteiger partial charge >= 0.3 is 10.2 Å². The molecule has 3 aromatic heterocycles. The van der Waals surface area contributed by atoms with Crippen molar-refractivity contribution >= 4 is 39.0 Å². The number of hydrogen-bond donors (Lipinski definition) is 1. The zero-order valence-corrected chi connectivity index (χ0v) is 16.8. The molecule has 0 saturated carbocycles. The molecule has 0 aliphatic carbocycles. The number of fused-ring (bicyclic) bond motifs is 2. The molecule has 1 saturated heterocycles. The standard InChI is InChI=1S/C17H20N8O3S/c1-11-7-15-19-10-20-24(15)9-13(11)21-17-18-8-14-16(22-17)25(29(26,27)23(14)2)12-3-5-28-6-4-12/h7-10,12H,3-6H2,1-2H3,(H,18,21,22). The summed E-state index contributed by atoms with van der Waals surface area (Å²) in [6.07, 6.45) is 6.07. The van der Waals surface area contributed by atoms with Crippen LogP contribution in [-0.2, 0) is 14.9 Å². The van der Waals surface area contributed by atoms with Gasteiger partial charge in [0.05, 0.1) is 24.1 Å². The first-order chi connectivity index (χ1) is 13.9. The predicted octanol–water partition coefficient (Wildman–Crippen LogP) is 1.25. The van der Waals surface area contributed by atoms with Crippen LogP contribution in [0.3, 0.4) is 0 Å². The van der Waals surface area contributed by atoms with Gasteiger partial charge < -0.3 is 10.1 Å². The molecule has 11 nitrogen and oxygen atoms in total. The number of pyridine rings is 1. The lowest BCUT2D eigenvalue weighted by Crippen LogP contribution is -2.45. The number of nitrogens with one attached hydrogen (secondary N) is 1. The molecule has 12 heteroatoms. The Balaban J connectivity index is 1.53. The van der Waals surface area contributed by atoms with Crippen LogP contribution in [0, 0.1) is 6.92 Å². The Morgan fingerprint density at radius 3 is 2.83 bits per heavy atom. The molecule has 0 bridgehead atoms. The molecule has 0 unspecified atom stereocenters. The van der Waals surface area contributed by atoms with E-state index in [0.29, 0.717) is 43.5 Å². The highest BCUT2D eigenvalue weighted by Crippen LogP contribution is 2.41. The van der Waals surface area contributed by atoms with E-state index in [9.17, 15) is 8.42 Å². The van der Waals surface area contributed by atoms with Crippen LogP contribution in [0.25, 0.3) is 5.65 Å². The molecule has 29 heavy (non-hydrogen) atoms. The smallest absolute Gasteiger partial charge is 0.327 e. The van der Waals surface area contributed by atoms with Gasteiger partial charge in [-0.3, -0.25) is 4.31 Å². The summed E-state index contributed by atoms with van der Waals surface area (Å²) in [4.78, 5) is 13.0. The van der Waals surface area contributed by atoms with E-state index in [2.05, 4.69) is 25.4 Å². The number of hydrogen-bond acceptors (Lipinski definition) is 8. The van der Waals surface area contributed by atoms with Crippen molar-refractivity contribution in [2.75, 3.05) is 34.2 Å². The normalized spacial score (nSPS) is 19.0. The van der Waals surface area contributed by atoms with Crippen molar-refractivity contribution in [2.24, 2.45) is 0 Å². The maximum absolute atomic E-state index is 13.0. The average molecular weight is 416 g/mol. The van der Waals surface area contributed by atoms with Gasteiger partial charge in [-0.25, -0.2) is 18.8 Å². The largest absolute Gasteiger partial charge is 0.381 e. The second-order valence-electron chi connectivity index (χ2n) is 7.08. The van der Waals surface area contributed by atoms with Crippen LogP contribution < -0.4 is 13.9 Å². The van der Waals surface area contributed by atoms with Gasteiger partial charge in [0.2, 0.25) is 5.95 Å². The summed E-state index contributed by atoms with van der Waals surface area (Å²) in [6, 6.07) is 1.71. The van der Waals surface area contributed by atoms with Crippen LogP contribution in [0.4, 0.5) is 23.1 Å². The highest BCUT2D eigenvalue weighted by Gasteiger charge is 2.44. The molecule has 2 aliphatic rings. The molecule has 0 atom stereocenters.